The first-order chi connectivity index (χ1) is 7.15. The summed E-state index contributed by atoms with van der Waals surface area (Å²) in [6.07, 6.45) is 0.0428. The molecule has 1 aliphatic rings. The van der Waals surface area contributed by atoms with Crippen LogP contribution in [0.3, 0.4) is 0 Å². The Labute approximate surface area is 88.2 Å². The van der Waals surface area contributed by atoms with E-state index in [4.69, 9.17) is 9.84 Å². The smallest absolute Gasteiger partial charge is 0.410 e. The number of hydrogen-bond donors (Lipinski definition) is 2. The normalized spacial score (nSPS) is 20.9. The number of piperidine rings is 1. The van der Waals surface area contributed by atoms with Crippen molar-refractivity contribution in [2.45, 2.75) is 32.4 Å². The maximum absolute atomic E-state index is 11.1. The Bertz CT molecular complexity index is 244. The molecule has 1 atom stereocenters. The molecule has 0 radical (unpaired) electrons. The van der Waals surface area contributed by atoms with Crippen LogP contribution in [0.2, 0.25) is 0 Å². The molecule has 0 aromatic rings. The minimum absolute atomic E-state index is 0.430. The molecule has 86 valence electrons. The third-order valence-electron chi connectivity index (χ3n) is 2.26. The lowest BCUT2D eigenvalue weighted by molar-refractivity contribution is -0.0243. The lowest BCUT2D eigenvalue weighted by atomic mass is 10.1. The van der Waals surface area contributed by atoms with E-state index >= 15 is 0 Å². The Morgan fingerprint density at radius 2 is 2.27 bits per heavy atom. The fourth-order valence-electron chi connectivity index (χ4n) is 1.55. The van der Waals surface area contributed by atoms with Gasteiger partial charge in [-0.15, -0.1) is 0 Å². The highest BCUT2D eigenvalue weighted by Crippen LogP contribution is 2.17. The van der Waals surface area contributed by atoms with Crippen LogP contribution in [0.25, 0.3) is 0 Å². The van der Waals surface area contributed by atoms with E-state index in [1.807, 2.05) is 0 Å². The average Bonchev–Trinajstić information content (AvgIpc) is 2.18. The van der Waals surface area contributed by atoms with Crippen LogP contribution in [-0.4, -0.2) is 41.5 Å². The maximum atomic E-state index is 11.1. The Balaban J connectivity index is 2.49. The second-order valence-electron chi connectivity index (χ2n) is 3.36. The highest BCUT2D eigenvalue weighted by Gasteiger charge is 2.29. The molecule has 2 amide bonds. The number of ether oxygens (including phenoxy) is 1. The molecule has 2 N–H and O–H groups in total. The van der Waals surface area contributed by atoms with Crippen molar-refractivity contribution in [2.24, 2.45) is 0 Å². The van der Waals surface area contributed by atoms with Crippen molar-refractivity contribution in [3.8, 4) is 0 Å². The molecule has 0 aromatic carbocycles. The Hall–Kier alpha value is -1.46. The van der Waals surface area contributed by atoms with E-state index in [1.165, 1.54) is 4.90 Å². The molecule has 1 saturated heterocycles. The maximum Gasteiger partial charge on any atom is 0.410 e. The average molecular weight is 216 g/mol. The molecule has 0 spiro atoms. The second kappa shape index (κ2) is 5.43. The lowest BCUT2D eigenvalue weighted by Crippen LogP contribution is -2.46. The molecule has 1 rings (SSSR count). The van der Waals surface area contributed by atoms with Crippen LogP contribution in [0.4, 0.5) is 9.59 Å². The zero-order chi connectivity index (χ0) is 11.3. The van der Waals surface area contributed by atoms with Crippen LogP contribution in [0, 0.1) is 0 Å². The van der Waals surface area contributed by atoms with Crippen LogP contribution in [0.15, 0.2) is 0 Å². The summed E-state index contributed by atoms with van der Waals surface area (Å²) < 4.78 is 5.00. The van der Waals surface area contributed by atoms with Crippen molar-refractivity contribution in [3.05, 3.63) is 0 Å². The second-order valence-corrected chi connectivity index (χ2v) is 3.36. The van der Waals surface area contributed by atoms with Gasteiger partial charge in [0.25, 0.3) is 0 Å². The van der Waals surface area contributed by atoms with Gasteiger partial charge in [0, 0.05) is 19.5 Å². The van der Waals surface area contributed by atoms with Crippen LogP contribution in [0.5, 0.6) is 0 Å². The predicted molar refractivity (Wildman–Crippen MR) is 52.5 cm³/mol. The van der Waals surface area contributed by atoms with Gasteiger partial charge in [-0.05, 0) is 19.8 Å². The van der Waals surface area contributed by atoms with Crippen molar-refractivity contribution in [1.82, 2.24) is 10.2 Å². The Morgan fingerprint density at radius 3 is 2.87 bits per heavy atom. The third-order valence-corrected chi connectivity index (χ3v) is 2.26. The van der Waals surface area contributed by atoms with Crippen molar-refractivity contribution >= 4 is 12.2 Å². The number of rotatable bonds is 2. The molecule has 15 heavy (non-hydrogen) atoms. The summed E-state index contributed by atoms with van der Waals surface area (Å²) in [5.41, 5.74) is 0. The standard InChI is InChI=1S/C9H16N2O4/c1-2-10-8(12)15-7-5-3-4-6-11(7)9(13)14/h7H,2-6H2,1H3,(H,10,12)(H,13,14). The number of likely N-dealkylation sites (tertiary alicyclic amines) is 1. The van der Waals surface area contributed by atoms with Crippen molar-refractivity contribution in [1.29, 1.82) is 0 Å². The molecule has 6 nitrogen and oxygen atoms in total. The van der Waals surface area contributed by atoms with Gasteiger partial charge in [0.2, 0.25) is 0 Å². The van der Waals surface area contributed by atoms with E-state index in [-0.39, 0.29) is 0 Å². The molecular weight excluding hydrogens is 200 g/mol. The SMILES string of the molecule is CCNC(=O)OC1CCCCN1C(=O)O. The minimum atomic E-state index is -1.04. The molecule has 1 fully saturated rings. The zero-order valence-corrected chi connectivity index (χ0v) is 8.73. The topological polar surface area (TPSA) is 78.9 Å². The highest BCUT2D eigenvalue weighted by atomic mass is 16.6. The van der Waals surface area contributed by atoms with Crippen molar-refractivity contribution in [3.63, 3.8) is 0 Å². The van der Waals surface area contributed by atoms with Crippen LogP contribution in [0.1, 0.15) is 26.2 Å². The van der Waals surface area contributed by atoms with Gasteiger partial charge in [-0.3, -0.25) is 4.90 Å². The molecular formula is C9H16N2O4. The van der Waals surface area contributed by atoms with Gasteiger partial charge in [0.1, 0.15) is 0 Å². The van der Waals surface area contributed by atoms with E-state index in [0.717, 1.165) is 12.8 Å². The largest absolute Gasteiger partial charge is 0.465 e. The number of carboxylic acid groups (broad SMARTS) is 1. The number of alkyl carbamates (subject to hydrolysis) is 1. The molecule has 0 bridgehead atoms. The van der Waals surface area contributed by atoms with Crippen LogP contribution in [-0.2, 0) is 4.74 Å². The Morgan fingerprint density at radius 1 is 1.53 bits per heavy atom. The summed E-state index contributed by atoms with van der Waals surface area (Å²) in [6.45, 7) is 2.68. The van der Waals surface area contributed by atoms with Gasteiger partial charge in [0.05, 0.1) is 0 Å². The highest BCUT2D eigenvalue weighted by molar-refractivity contribution is 5.69. The summed E-state index contributed by atoms with van der Waals surface area (Å²) in [7, 11) is 0. The first-order valence-electron chi connectivity index (χ1n) is 5.09. The van der Waals surface area contributed by atoms with Gasteiger partial charge < -0.3 is 15.2 Å². The van der Waals surface area contributed by atoms with Gasteiger partial charge >= 0.3 is 12.2 Å². The number of nitrogens with zero attached hydrogens (tertiary/aromatic N) is 1. The summed E-state index contributed by atoms with van der Waals surface area (Å²) in [6, 6.07) is 0. The van der Waals surface area contributed by atoms with Gasteiger partial charge in [-0.2, -0.15) is 0 Å². The minimum Gasteiger partial charge on any atom is -0.465 e. The molecule has 1 heterocycles. The van der Waals surface area contributed by atoms with E-state index in [2.05, 4.69) is 5.32 Å². The van der Waals surface area contributed by atoms with Gasteiger partial charge in [-0.25, -0.2) is 9.59 Å². The number of hydrogen-bond acceptors (Lipinski definition) is 3. The van der Waals surface area contributed by atoms with E-state index in [0.29, 0.717) is 19.5 Å². The molecule has 1 unspecified atom stereocenters. The molecule has 1 aliphatic heterocycles. The summed E-state index contributed by atoms with van der Waals surface area (Å²) in [5, 5.41) is 11.3. The van der Waals surface area contributed by atoms with Gasteiger partial charge in [0.15, 0.2) is 6.23 Å². The fourth-order valence-corrected chi connectivity index (χ4v) is 1.55. The molecule has 0 saturated carbocycles. The van der Waals surface area contributed by atoms with E-state index in [9.17, 15) is 9.59 Å². The summed E-state index contributed by atoms with van der Waals surface area (Å²) >= 11 is 0. The fraction of sp³-hybridized carbons (Fsp3) is 0.778. The number of carbonyl (C=O) groups excluding carboxylic acids is 1. The first kappa shape index (κ1) is 11.6. The van der Waals surface area contributed by atoms with E-state index in [1.54, 1.807) is 6.92 Å². The van der Waals surface area contributed by atoms with E-state index < -0.39 is 18.4 Å². The quantitative estimate of drug-likeness (QED) is 0.727. The molecule has 0 aromatic heterocycles. The lowest BCUT2D eigenvalue weighted by Gasteiger charge is -2.32. The molecule has 6 heteroatoms. The monoisotopic (exact) mass is 216 g/mol. The van der Waals surface area contributed by atoms with Crippen LogP contribution >= 0.6 is 0 Å². The zero-order valence-electron chi connectivity index (χ0n) is 8.73. The van der Waals surface area contributed by atoms with Crippen molar-refractivity contribution in [2.75, 3.05) is 13.1 Å². The predicted octanol–water partition coefficient (Wildman–Crippen LogP) is 1.22. The number of amides is 2. The summed E-state index contributed by atoms with van der Waals surface area (Å²) in [5.74, 6) is 0. The molecule has 0 aliphatic carbocycles. The van der Waals surface area contributed by atoms with Crippen LogP contribution < -0.4 is 5.32 Å². The van der Waals surface area contributed by atoms with Crippen molar-refractivity contribution < 1.29 is 19.4 Å². The number of nitrogens with one attached hydrogen (secondary N) is 1. The third kappa shape index (κ3) is 3.30. The Kier molecular flexibility index (Phi) is 4.20. The van der Waals surface area contributed by atoms with Gasteiger partial charge in [-0.1, -0.05) is 0 Å². The summed E-state index contributed by atoms with van der Waals surface area (Å²) in [4.78, 5) is 23.1. The number of carbonyl (C=O) groups is 2. The first-order valence-corrected chi connectivity index (χ1v) is 5.09.